The summed E-state index contributed by atoms with van der Waals surface area (Å²) in [6.07, 6.45) is 3.36. The monoisotopic (exact) mass is 292 g/mol. The van der Waals surface area contributed by atoms with Crippen LogP contribution < -0.4 is 0 Å². The first-order valence-corrected chi connectivity index (χ1v) is 7.80. The second-order valence-electron chi connectivity index (χ2n) is 5.49. The van der Waals surface area contributed by atoms with Gasteiger partial charge in [0.2, 0.25) is 0 Å². The number of aliphatic hydroxyl groups excluding tert-OH is 4. The Hall–Kier alpha value is -0.200. The number of ether oxygens (including phenoxy) is 1. The summed E-state index contributed by atoms with van der Waals surface area (Å²) in [4.78, 5) is 0. The molecule has 0 aliphatic rings. The molecule has 0 aliphatic heterocycles. The number of rotatable bonds is 13. The van der Waals surface area contributed by atoms with Crippen LogP contribution in [0.5, 0.6) is 0 Å². The minimum Gasteiger partial charge on any atom is -0.391 e. The van der Waals surface area contributed by atoms with Crippen LogP contribution in [-0.2, 0) is 4.74 Å². The second-order valence-corrected chi connectivity index (χ2v) is 5.49. The van der Waals surface area contributed by atoms with Gasteiger partial charge >= 0.3 is 0 Å². The largest absolute Gasteiger partial charge is 0.391 e. The molecule has 0 aromatic rings. The molecule has 0 amide bonds. The second kappa shape index (κ2) is 12.5. The Morgan fingerprint density at radius 1 is 0.800 bits per heavy atom. The van der Waals surface area contributed by atoms with Crippen molar-refractivity contribution in [2.75, 3.05) is 13.2 Å². The van der Waals surface area contributed by atoms with Gasteiger partial charge in [0.05, 0.1) is 12.7 Å². The third-order valence-corrected chi connectivity index (χ3v) is 3.42. The Balaban J connectivity index is 3.45. The minimum absolute atomic E-state index is 0.0270. The average molecular weight is 292 g/mol. The van der Waals surface area contributed by atoms with Gasteiger partial charge in [0, 0.05) is 6.61 Å². The first-order valence-electron chi connectivity index (χ1n) is 7.80. The van der Waals surface area contributed by atoms with E-state index in [9.17, 15) is 15.3 Å². The SMILES string of the molecule is CCCCCCCCCOCC(O)C(O)C(O)C(C)O. The third kappa shape index (κ3) is 9.66. The highest BCUT2D eigenvalue weighted by Crippen LogP contribution is 2.08. The van der Waals surface area contributed by atoms with E-state index in [2.05, 4.69) is 6.92 Å². The van der Waals surface area contributed by atoms with Crippen LogP contribution in [0.15, 0.2) is 0 Å². The van der Waals surface area contributed by atoms with Gasteiger partial charge in [-0.25, -0.2) is 0 Å². The maximum atomic E-state index is 9.59. The van der Waals surface area contributed by atoms with Crippen molar-refractivity contribution >= 4 is 0 Å². The van der Waals surface area contributed by atoms with Gasteiger partial charge in [0.1, 0.15) is 18.3 Å². The lowest BCUT2D eigenvalue weighted by atomic mass is 10.0. The summed E-state index contributed by atoms with van der Waals surface area (Å²) < 4.78 is 5.27. The Kier molecular flexibility index (Phi) is 12.4. The molecule has 0 rings (SSSR count). The zero-order valence-corrected chi connectivity index (χ0v) is 12.9. The smallest absolute Gasteiger partial charge is 0.110 e. The fraction of sp³-hybridized carbons (Fsp3) is 1.00. The molecule has 4 N–H and O–H groups in total. The fourth-order valence-corrected chi connectivity index (χ4v) is 1.98. The summed E-state index contributed by atoms with van der Waals surface area (Å²) in [5.41, 5.74) is 0. The molecule has 0 aromatic heterocycles. The van der Waals surface area contributed by atoms with Crippen molar-refractivity contribution in [1.82, 2.24) is 0 Å². The summed E-state index contributed by atoms with van der Waals surface area (Å²) in [5.74, 6) is 0. The maximum Gasteiger partial charge on any atom is 0.110 e. The van der Waals surface area contributed by atoms with Gasteiger partial charge in [-0.05, 0) is 13.3 Å². The van der Waals surface area contributed by atoms with Crippen LogP contribution in [0.2, 0.25) is 0 Å². The lowest BCUT2D eigenvalue weighted by Crippen LogP contribution is -2.45. The number of unbranched alkanes of at least 4 members (excludes halogenated alkanes) is 6. The molecule has 0 aliphatic carbocycles. The summed E-state index contributed by atoms with van der Waals surface area (Å²) in [6.45, 7) is 4.07. The highest BCUT2D eigenvalue weighted by molar-refractivity contribution is 4.78. The molecule has 122 valence electrons. The summed E-state index contributed by atoms with van der Waals surface area (Å²) >= 11 is 0. The van der Waals surface area contributed by atoms with Gasteiger partial charge in [0.25, 0.3) is 0 Å². The molecule has 4 atom stereocenters. The fourth-order valence-electron chi connectivity index (χ4n) is 1.98. The average Bonchev–Trinajstić information content (AvgIpc) is 2.43. The van der Waals surface area contributed by atoms with E-state index in [1.807, 2.05) is 0 Å². The molecule has 20 heavy (non-hydrogen) atoms. The molecular formula is C15H32O5. The Morgan fingerprint density at radius 3 is 1.90 bits per heavy atom. The minimum atomic E-state index is -1.39. The van der Waals surface area contributed by atoms with E-state index >= 15 is 0 Å². The molecule has 0 saturated heterocycles. The van der Waals surface area contributed by atoms with Crippen LogP contribution in [0.3, 0.4) is 0 Å². The van der Waals surface area contributed by atoms with Crippen molar-refractivity contribution in [3.8, 4) is 0 Å². The van der Waals surface area contributed by atoms with Crippen molar-refractivity contribution in [2.45, 2.75) is 83.2 Å². The molecule has 0 saturated carbocycles. The van der Waals surface area contributed by atoms with Crippen LogP contribution in [-0.4, -0.2) is 58.1 Å². The zero-order valence-electron chi connectivity index (χ0n) is 12.9. The van der Waals surface area contributed by atoms with E-state index in [1.165, 1.54) is 39.0 Å². The predicted octanol–water partition coefficient (Wildman–Crippen LogP) is 1.22. The highest BCUT2D eigenvalue weighted by Gasteiger charge is 2.27. The Labute approximate surface area is 122 Å². The van der Waals surface area contributed by atoms with Crippen molar-refractivity contribution in [2.24, 2.45) is 0 Å². The van der Waals surface area contributed by atoms with Crippen LogP contribution in [0.4, 0.5) is 0 Å². The normalized spacial score (nSPS) is 17.7. The molecule has 5 nitrogen and oxygen atoms in total. The quantitative estimate of drug-likeness (QED) is 0.383. The molecule has 0 bridgehead atoms. The summed E-state index contributed by atoms with van der Waals surface area (Å²) in [7, 11) is 0. The van der Waals surface area contributed by atoms with Gasteiger partial charge in [-0.15, -0.1) is 0 Å². The molecule has 0 radical (unpaired) electrons. The lowest BCUT2D eigenvalue weighted by Gasteiger charge is -2.24. The highest BCUT2D eigenvalue weighted by atomic mass is 16.5. The van der Waals surface area contributed by atoms with E-state index in [-0.39, 0.29) is 6.61 Å². The standard InChI is InChI=1S/C15H32O5/c1-3-4-5-6-7-8-9-10-20-11-13(17)15(19)14(18)12(2)16/h12-19H,3-11H2,1-2H3. The van der Waals surface area contributed by atoms with Crippen molar-refractivity contribution in [3.63, 3.8) is 0 Å². The van der Waals surface area contributed by atoms with Crippen molar-refractivity contribution < 1.29 is 25.2 Å². The predicted molar refractivity (Wildman–Crippen MR) is 78.5 cm³/mol. The number of hydrogen-bond acceptors (Lipinski definition) is 5. The molecular weight excluding hydrogens is 260 g/mol. The molecule has 0 aromatic carbocycles. The molecule has 4 unspecified atom stereocenters. The molecule has 5 heteroatoms. The first-order chi connectivity index (χ1) is 9.50. The summed E-state index contributed by atoms with van der Waals surface area (Å²) in [5, 5.41) is 37.6. The topological polar surface area (TPSA) is 90.2 Å². The van der Waals surface area contributed by atoms with E-state index in [0.717, 1.165) is 12.8 Å². The van der Waals surface area contributed by atoms with Gasteiger partial charge in [-0.3, -0.25) is 0 Å². The Bertz CT molecular complexity index is 210. The van der Waals surface area contributed by atoms with Crippen LogP contribution in [0.1, 0.15) is 58.8 Å². The van der Waals surface area contributed by atoms with Gasteiger partial charge in [-0.1, -0.05) is 45.4 Å². The maximum absolute atomic E-state index is 9.59. The third-order valence-electron chi connectivity index (χ3n) is 3.42. The Morgan fingerprint density at radius 2 is 1.35 bits per heavy atom. The van der Waals surface area contributed by atoms with E-state index in [0.29, 0.717) is 6.61 Å². The van der Waals surface area contributed by atoms with Gasteiger partial charge < -0.3 is 25.2 Å². The van der Waals surface area contributed by atoms with Crippen LogP contribution in [0, 0.1) is 0 Å². The number of hydrogen-bond donors (Lipinski definition) is 4. The van der Waals surface area contributed by atoms with Gasteiger partial charge in [0.15, 0.2) is 0 Å². The lowest BCUT2D eigenvalue weighted by molar-refractivity contribution is -0.117. The molecule has 0 fully saturated rings. The molecule has 0 spiro atoms. The molecule has 0 heterocycles. The first kappa shape index (κ1) is 19.8. The number of aliphatic hydroxyl groups is 4. The zero-order chi connectivity index (χ0) is 15.4. The van der Waals surface area contributed by atoms with Crippen LogP contribution >= 0.6 is 0 Å². The van der Waals surface area contributed by atoms with Crippen molar-refractivity contribution in [3.05, 3.63) is 0 Å². The van der Waals surface area contributed by atoms with E-state index in [4.69, 9.17) is 9.84 Å². The van der Waals surface area contributed by atoms with E-state index in [1.54, 1.807) is 0 Å². The van der Waals surface area contributed by atoms with E-state index < -0.39 is 24.4 Å². The summed E-state index contributed by atoms with van der Waals surface area (Å²) in [6, 6.07) is 0. The van der Waals surface area contributed by atoms with Crippen molar-refractivity contribution in [1.29, 1.82) is 0 Å². The van der Waals surface area contributed by atoms with Crippen LogP contribution in [0.25, 0.3) is 0 Å². The van der Waals surface area contributed by atoms with Gasteiger partial charge in [-0.2, -0.15) is 0 Å².